The highest BCUT2D eigenvalue weighted by atomic mass is 16.5. The molecule has 0 heterocycles. The van der Waals surface area contributed by atoms with Crippen LogP contribution in [0.15, 0.2) is 36.0 Å². The Labute approximate surface area is 176 Å². The number of hydrogen-bond acceptors (Lipinski definition) is 7. The van der Waals surface area contributed by atoms with E-state index in [1.165, 1.54) is 7.11 Å². The smallest absolute Gasteiger partial charge is 0.269 e. The fraction of sp³-hybridized carbons (Fsp3) is 0.273. The monoisotopic (exact) mass is 409 g/mol. The molecule has 2 rings (SSSR count). The van der Waals surface area contributed by atoms with E-state index in [2.05, 4.69) is 16.7 Å². The number of nitrogens with two attached hydrogens (primary N) is 2. The minimum atomic E-state index is -0.395. The summed E-state index contributed by atoms with van der Waals surface area (Å²) in [4.78, 5) is 12.4. The summed E-state index contributed by atoms with van der Waals surface area (Å²) in [7, 11) is 4.74. The van der Waals surface area contributed by atoms with Crippen molar-refractivity contribution in [2.45, 2.75) is 13.3 Å². The third-order valence-corrected chi connectivity index (χ3v) is 4.61. The third-order valence-electron chi connectivity index (χ3n) is 4.61. The number of amides is 1. The van der Waals surface area contributed by atoms with Crippen molar-refractivity contribution in [3.8, 4) is 28.7 Å². The highest BCUT2D eigenvalue weighted by Crippen LogP contribution is 2.41. The van der Waals surface area contributed by atoms with E-state index in [0.29, 0.717) is 51.7 Å². The Balaban J connectivity index is 2.73. The Morgan fingerprint density at radius 1 is 1.20 bits per heavy atom. The highest BCUT2D eigenvalue weighted by Gasteiger charge is 2.21. The van der Waals surface area contributed by atoms with Crippen molar-refractivity contribution in [1.82, 2.24) is 10.6 Å². The van der Waals surface area contributed by atoms with Gasteiger partial charge >= 0.3 is 0 Å². The van der Waals surface area contributed by atoms with E-state index >= 15 is 0 Å². The molecule has 0 atom stereocenters. The molecule has 6 N–H and O–H groups in total. The van der Waals surface area contributed by atoms with Crippen molar-refractivity contribution >= 4 is 17.3 Å². The predicted octanol–water partition coefficient (Wildman–Crippen LogP) is 2.20. The van der Waals surface area contributed by atoms with Gasteiger partial charge in [0.05, 0.1) is 37.2 Å². The van der Waals surface area contributed by atoms with Crippen molar-refractivity contribution in [2.75, 3.05) is 33.5 Å². The molecule has 0 bridgehead atoms. The zero-order chi connectivity index (χ0) is 22.3. The summed E-state index contributed by atoms with van der Waals surface area (Å²) in [5, 5.41) is 15.4. The van der Waals surface area contributed by atoms with Crippen LogP contribution < -0.4 is 31.6 Å². The van der Waals surface area contributed by atoms with Gasteiger partial charge in [-0.25, -0.2) is 0 Å². The van der Waals surface area contributed by atoms with Gasteiger partial charge in [-0.3, -0.25) is 4.79 Å². The lowest BCUT2D eigenvalue weighted by molar-refractivity contribution is -0.117. The lowest BCUT2D eigenvalue weighted by Crippen LogP contribution is -2.32. The van der Waals surface area contributed by atoms with Crippen LogP contribution in [0.2, 0.25) is 0 Å². The van der Waals surface area contributed by atoms with Gasteiger partial charge in [0.2, 0.25) is 0 Å². The number of carbonyl (C=O) groups excluding carboxylic acids is 1. The molecule has 2 aromatic rings. The summed E-state index contributed by atoms with van der Waals surface area (Å²) in [6.07, 6.45) is 0.786. The molecule has 2 aromatic carbocycles. The minimum Gasteiger partial charge on any atom is -0.497 e. The maximum absolute atomic E-state index is 12.4. The predicted molar refractivity (Wildman–Crippen MR) is 118 cm³/mol. The maximum atomic E-state index is 12.4. The van der Waals surface area contributed by atoms with Crippen molar-refractivity contribution in [2.24, 2.45) is 5.73 Å². The zero-order valence-corrected chi connectivity index (χ0v) is 17.6. The molecule has 0 spiro atoms. The van der Waals surface area contributed by atoms with Gasteiger partial charge in [-0.15, -0.1) is 0 Å². The number of hydrogen-bond donors (Lipinski definition) is 4. The number of anilines is 1. The molecule has 0 aliphatic heterocycles. The zero-order valence-electron chi connectivity index (χ0n) is 17.6. The number of rotatable bonds is 8. The lowest BCUT2D eigenvalue weighted by Gasteiger charge is -2.19. The van der Waals surface area contributed by atoms with Crippen LogP contribution in [0.4, 0.5) is 5.69 Å². The van der Waals surface area contributed by atoms with Crippen molar-refractivity contribution in [3.05, 3.63) is 47.2 Å². The molecule has 0 aliphatic rings. The minimum absolute atomic E-state index is 0.00926. The summed E-state index contributed by atoms with van der Waals surface area (Å²) in [5.41, 5.74) is 15.3. The third kappa shape index (κ3) is 4.41. The van der Waals surface area contributed by atoms with E-state index in [0.717, 1.165) is 6.42 Å². The number of carbonyl (C=O) groups is 1. The molecule has 0 saturated carbocycles. The van der Waals surface area contributed by atoms with Crippen LogP contribution in [0.25, 0.3) is 16.8 Å². The summed E-state index contributed by atoms with van der Waals surface area (Å²) in [6.45, 7) is 2.46. The molecule has 8 nitrogen and oxygen atoms in total. The van der Waals surface area contributed by atoms with Crippen molar-refractivity contribution < 1.29 is 14.3 Å². The molecule has 0 aromatic heterocycles. The topological polar surface area (TPSA) is 135 Å². The molecule has 0 radical (unpaired) electrons. The second-order valence-corrected chi connectivity index (χ2v) is 6.42. The Bertz CT molecular complexity index is 1010. The lowest BCUT2D eigenvalue weighted by atomic mass is 9.93. The number of nitrogens with one attached hydrogen (secondary N) is 2. The summed E-state index contributed by atoms with van der Waals surface area (Å²) < 4.78 is 10.7. The van der Waals surface area contributed by atoms with Gasteiger partial charge in [-0.05, 0) is 30.7 Å². The molecular formula is C22H27N5O3. The number of ether oxygens (including phenoxy) is 2. The van der Waals surface area contributed by atoms with Gasteiger partial charge in [0.1, 0.15) is 17.2 Å². The standard InChI is InChI=1S/C22H27N5O3/c1-5-10-27-22(28)20(25)21(26-2)16-8-6-13(12-23)18(19(16)24)15-9-7-14(29-3)11-17(15)30-4/h6-9,11,26H,5,10,24-25H2,1-4H3,(H,27,28)/b21-20+. The molecule has 0 unspecified atom stereocenters. The van der Waals surface area contributed by atoms with Crippen LogP contribution in [0.5, 0.6) is 11.5 Å². The van der Waals surface area contributed by atoms with Gasteiger partial charge in [-0.1, -0.05) is 6.92 Å². The first-order valence-electron chi connectivity index (χ1n) is 9.44. The second kappa shape index (κ2) is 10.1. The van der Waals surface area contributed by atoms with Crippen LogP contribution in [0.1, 0.15) is 24.5 Å². The van der Waals surface area contributed by atoms with E-state index in [9.17, 15) is 10.1 Å². The van der Waals surface area contributed by atoms with Crippen molar-refractivity contribution in [1.29, 1.82) is 5.26 Å². The first kappa shape index (κ1) is 22.4. The largest absolute Gasteiger partial charge is 0.497 e. The first-order valence-corrected chi connectivity index (χ1v) is 9.44. The molecule has 8 heteroatoms. The van der Waals surface area contributed by atoms with E-state index in [4.69, 9.17) is 20.9 Å². The van der Waals surface area contributed by atoms with Gasteiger partial charge in [0.15, 0.2) is 0 Å². The average molecular weight is 409 g/mol. The van der Waals surface area contributed by atoms with Gasteiger partial charge < -0.3 is 31.6 Å². The summed E-state index contributed by atoms with van der Waals surface area (Å²) in [6, 6.07) is 10.7. The van der Waals surface area contributed by atoms with E-state index in [1.807, 2.05) is 6.92 Å². The Hall–Kier alpha value is -3.86. The number of methoxy groups -OCH3 is 2. The number of benzene rings is 2. The maximum Gasteiger partial charge on any atom is 0.269 e. The van der Waals surface area contributed by atoms with Gasteiger partial charge in [-0.2, -0.15) is 5.26 Å². The fourth-order valence-corrected chi connectivity index (χ4v) is 3.09. The Kier molecular flexibility index (Phi) is 7.53. The Morgan fingerprint density at radius 2 is 1.93 bits per heavy atom. The average Bonchev–Trinajstić information content (AvgIpc) is 2.78. The second-order valence-electron chi connectivity index (χ2n) is 6.42. The van der Waals surface area contributed by atoms with E-state index in [-0.39, 0.29) is 5.70 Å². The van der Waals surface area contributed by atoms with Crippen LogP contribution in [0.3, 0.4) is 0 Å². The number of nitrogen functional groups attached to an aromatic ring is 1. The van der Waals surface area contributed by atoms with Crippen LogP contribution in [-0.2, 0) is 4.79 Å². The molecule has 158 valence electrons. The molecular weight excluding hydrogens is 382 g/mol. The molecule has 0 saturated heterocycles. The fourth-order valence-electron chi connectivity index (χ4n) is 3.09. The van der Waals surface area contributed by atoms with Crippen molar-refractivity contribution in [3.63, 3.8) is 0 Å². The number of nitrogens with zero attached hydrogens (tertiary/aromatic N) is 1. The molecule has 30 heavy (non-hydrogen) atoms. The summed E-state index contributed by atoms with van der Waals surface area (Å²) in [5.74, 6) is 0.711. The van der Waals surface area contributed by atoms with E-state index in [1.54, 1.807) is 44.5 Å². The van der Waals surface area contributed by atoms with E-state index < -0.39 is 5.91 Å². The van der Waals surface area contributed by atoms with Crippen LogP contribution in [-0.4, -0.2) is 33.7 Å². The van der Waals surface area contributed by atoms with Gasteiger partial charge in [0, 0.05) is 36.3 Å². The summed E-state index contributed by atoms with van der Waals surface area (Å²) >= 11 is 0. The highest BCUT2D eigenvalue weighted by molar-refractivity contribution is 6.02. The molecule has 1 amide bonds. The van der Waals surface area contributed by atoms with Crippen LogP contribution in [0, 0.1) is 11.3 Å². The SMILES string of the molecule is CCCNC(=O)/C(N)=C(\NC)c1ccc(C#N)c(-c2ccc(OC)cc2OC)c1N. The number of nitriles is 1. The quantitative estimate of drug-likeness (QED) is 0.388. The first-order chi connectivity index (χ1) is 14.4. The Morgan fingerprint density at radius 3 is 2.50 bits per heavy atom. The molecule has 0 fully saturated rings. The normalized spacial score (nSPS) is 11.2. The molecule has 0 aliphatic carbocycles. The van der Waals surface area contributed by atoms with Crippen LogP contribution >= 0.6 is 0 Å². The van der Waals surface area contributed by atoms with Gasteiger partial charge in [0.25, 0.3) is 5.91 Å².